The number of aryl methyl sites for hydroxylation is 1. The molecule has 1 aliphatic heterocycles. The lowest BCUT2D eigenvalue weighted by Gasteiger charge is -2.25. The lowest BCUT2D eigenvalue weighted by Crippen LogP contribution is -2.34. The number of nitrogens with zero attached hydrogens (tertiary/aromatic N) is 1. The number of carbonyl (C=O) groups is 1. The minimum absolute atomic E-state index is 0.0595. The summed E-state index contributed by atoms with van der Waals surface area (Å²) >= 11 is 0. The van der Waals surface area contributed by atoms with Crippen LogP contribution in [0.2, 0.25) is 0 Å². The number of rotatable bonds is 2. The fraction of sp³-hybridized carbons (Fsp3) is 0.250. The van der Waals surface area contributed by atoms with Gasteiger partial charge in [0.25, 0.3) is 11.1 Å². The molecule has 7 heteroatoms. The van der Waals surface area contributed by atoms with E-state index in [-0.39, 0.29) is 23.3 Å². The van der Waals surface area contributed by atoms with Crippen LogP contribution in [0.25, 0.3) is 10.9 Å². The highest BCUT2D eigenvalue weighted by Crippen LogP contribution is 2.36. The molecule has 3 aromatic rings. The van der Waals surface area contributed by atoms with E-state index in [2.05, 4.69) is 4.98 Å². The van der Waals surface area contributed by atoms with E-state index in [1.807, 2.05) is 6.07 Å². The van der Waals surface area contributed by atoms with Crippen LogP contribution in [0, 0.1) is 6.92 Å². The normalized spacial score (nSPS) is 16.1. The summed E-state index contributed by atoms with van der Waals surface area (Å²) in [4.78, 5) is 40.5. The molecule has 0 spiro atoms. The van der Waals surface area contributed by atoms with Crippen LogP contribution >= 0.6 is 0 Å². The number of hydrogen-bond donors (Lipinski definition) is 1. The average Bonchev–Trinajstić information content (AvgIpc) is 2.64. The summed E-state index contributed by atoms with van der Waals surface area (Å²) in [5.74, 6) is -0.266. The van der Waals surface area contributed by atoms with Crippen LogP contribution in [0.4, 0.5) is 0 Å². The molecule has 0 radical (unpaired) electrons. The first-order valence-electron chi connectivity index (χ1n) is 8.51. The number of fused-ring (bicyclic) bond motifs is 2. The predicted molar refractivity (Wildman–Crippen MR) is 99.6 cm³/mol. The van der Waals surface area contributed by atoms with Gasteiger partial charge in [0.2, 0.25) is 0 Å². The Balaban J connectivity index is 1.96. The number of methoxy groups -OCH3 is 1. The van der Waals surface area contributed by atoms with Gasteiger partial charge in [-0.3, -0.25) is 14.4 Å². The van der Waals surface area contributed by atoms with Crippen LogP contribution in [0.3, 0.4) is 0 Å². The van der Waals surface area contributed by atoms with E-state index in [1.165, 1.54) is 4.57 Å². The molecule has 0 saturated carbocycles. The molecular weight excluding hydrogens is 348 g/mol. The zero-order valence-electron chi connectivity index (χ0n) is 15.2. The van der Waals surface area contributed by atoms with E-state index in [0.717, 1.165) is 5.39 Å². The first kappa shape index (κ1) is 17.1. The lowest BCUT2D eigenvalue weighted by molar-refractivity contribution is -0.135. The Kier molecular flexibility index (Phi) is 3.87. The third-order valence-corrected chi connectivity index (χ3v) is 5.07. The van der Waals surface area contributed by atoms with E-state index in [0.29, 0.717) is 28.1 Å². The van der Waals surface area contributed by atoms with Gasteiger partial charge in [0, 0.05) is 36.4 Å². The van der Waals surface area contributed by atoms with Crippen molar-refractivity contribution in [1.82, 2.24) is 9.55 Å². The second kappa shape index (κ2) is 6.12. The summed E-state index contributed by atoms with van der Waals surface area (Å²) in [6, 6.07) is 8.71. The van der Waals surface area contributed by atoms with E-state index in [9.17, 15) is 14.4 Å². The number of pyridine rings is 2. The third-order valence-electron chi connectivity index (χ3n) is 5.07. The fourth-order valence-electron chi connectivity index (χ4n) is 3.50. The maximum Gasteiger partial charge on any atom is 0.312 e. The van der Waals surface area contributed by atoms with Crippen LogP contribution in [0.15, 0.2) is 39.9 Å². The molecule has 1 aliphatic rings. The number of benzene rings is 1. The number of aromatic nitrogens is 2. The quantitative estimate of drug-likeness (QED) is 0.701. The molecule has 4 rings (SSSR count). The number of ether oxygens (including phenoxy) is 2. The maximum absolute atomic E-state index is 12.8. The van der Waals surface area contributed by atoms with Crippen molar-refractivity contribution in [2.75, 3.05) is 7.11 Å². The van der Waals surface area contributed by atoms with Crippen molar-refractivity contribution >= 4 is 16.9 Å². The van der Waals surface area contributed by atoms with Crippen molar-refractivity contribution in [3.63, 3.8) is 0 Å². The van der Waals surface area contributed by atoms with Crippen LogP contribution < -0.4 is 20.6 Å². The van der Waals surface area contributed by atoms with Gasteiger partial charge in [-0.25, -0.2) is 0 Å². The largest absolute Gasteiger partial charge is 0.497 e. The highest BCUT2D eigenvalue weighted by molar-refractivity contribution is 5.82. The molecule has 0 unspecified atom stereocenters. The summed E-state index contributed by atoms with van der Waals surface area (Å²) in [6.07, 6.45) is -0.0595. The Morgan fingerprint density at radius 3 is 2.70 bits per heavy atom. The van der Waals surface area contributed by atoms with E-state index >= 15 is 0 Å². The molecular formula is C20H18N2O5. The van der Waals surface area contributed by atoms with Gasteiger partial charge in [-0.2, -0.15) is 0 Å². The van der Waals surface area contributed by atoms with Crippen molar-refractivity contribution < 1.29 is 14.3 Å². The fourth-order valence-corrected chi connectivity index (χ4v) is 3.50. The molecule has 138 valence electrons. The lowest BCUT2D eigenvalue weighted by atomic mass is 9.87. The number of H-pyrrole nitrogens is 1. The topological polar surface area (TPSA) is 90.4 Å². The SMILES string of the molecule is COc1ccc2cc([C@@H]3CC(=O)Oc4cc(C)n(C)c(=O)c43)c(=O)[nH]c2c1. The number of carbonyl (C=O) groups excluding carboxylic acids is 1. The molecule has 0 aliphatic carbocycles. The Morgan fingerprint density at radius 1 is 1.19 bits per heavy atom. The van der Waals surface area contributed by atoms with E-state index in [4.69, 9.17) is 9.47 Å². The predicted octanol–water partition coefficient (Wildman–Crippen LogP) is 1.98. The number of aromatic amines is 1. The first-order chi connectivity index (χ1) is 12.9. The molecule has 0 fully saturated rings. The molecule has 0 saturated heterocycles. The zero-order valence-corrected chi connectivity index (χ0v) is 15.2. The van der Waals surface area contributed by atoms with Crippen LogP contribution in [-0.2, 0) is 11.8 Å². The molecule has 0 amide bonds. The van der Waals surface area contributed by atoms with Gasteiger partial charge in [0.1, 0.15) is 11.5 Å². The molecule has 2 aromatic heterocycles. The number of nitrogens with one attached hydrogen (secondary N) is 1. The standard InChI is InChI=1S/C20H18N2O5/c1-10-6-16-18(20(25)22(10)2)13(9-17(23)27-16)14-7-11-4-5-12(26-3)8-15(11)21-19(14)24/h4-8,13H,9H2,1-3H3,(H,21,24)/t13-/m0/s1. The highest BCUT2D eigenvalue weighted by atomic mass is 16.5. The number of hydrogen-bond acceptors (Lipinski definition) is 5. The first-order valence-corrected chi connectivity index (χ1v) is 8.51. The van der Waals surface area contributed by atoms with Crippen molar-refractivity contribution in [2.24, 2.45) is 7.05 Å². The van der Waals surface area contributed by atoms with Crippen molar-refractivity contribution in [3.05, 3.63) is 67.9 Å². The Morgan fingerprint density at radius 2 is 1.96 bits per heavy atom. The highest BCUT2D eigenvalue weighted by Gasteiger charge is 2.33. The van der Waals surface area contributed by atoms with E-state index < -0.39 is 11.9 Å². The molecule has 27 heavy (non-hydrogen) atoms. The van der Waals surface area contributed by atoms with Gasteiger partial charge >= 0.3 is 5.97 Å². The van der Waals surface area contributed by atoms with Crippen molar-refractivity contribution in [3.8, 4) is 11.5 Å². The molecule has 1 aromatic carbocycles. The van der Waals surface area contributed by atoms with Crippen molar-refractivity contribution in [1.29, 1.82) is 0 Å². The summed E-state index contributed by atoms with van der Waals surface area (Å²) in [5.41, 5.74) is 1.39. The molecule has 1 N–H and O–H groups in total. The summed E-state index contributed by atoms with van der Waals surface area (Å²) in [6.45, 7) is 1.76. The van der Waals surface area contributed by atoms with Gasteiger partial charge < -0.3 is 19.0 Å². The van der Waals surface area contributed by atoms with Gasteiger partial charge in [0.15, 0.2) is 0 Å². The average molecular weight is 366 g/mol. The molecule has 3 heterocycles. The zero-order chi connectivity index (χ0) is 19.3. The minimum Gasteiger partial charge on any atom is -0.497 e. The van der Waals surface area contributed by atoms with Gasteiger partial charge in [-0.05, 0) is 30.5 Å². The summed E-state index contributed by atoms with van der Waals surface area (Å²) < 4.78 is 12.0. The van der Waals surface area contributed by atoms with Gasteiger partial charge in [0.05, 0.1) is 24.6 Å². The molecule has 1 atom stereocenters. The Bertz CT molecular complexity index is 1210. The Hall–Kier alpha value is -3.35. The van der Waals surface area contributed by atoms with Gasteiger partial charge in [-0.15, -0.1) is 0 Å². The monoisotopic (exact) mass is 366 g/mol. The van der Waals surface area contributed by atoms with Crippen LogP contribution in [0.1, 0.15) is 29.2 Å². The second-order valence-electron chi connectivity index (χ2n) is 6.67. The second-order valence-corrected chi connectivity index (χ2v) is 6.67. The smallest absolute Gasteiger partial charge is 0.312 e. The van der Waals surface area contributed by atoms with Crippen LogP contribution in [0.5, 0.6) is 11.5 Å². The minimum atomic E-state index is -0.657. The maximum atomic E-state index is 12.8. The molecule has 7 nitrogen and oxygen atoms in total. The number of esters is 1. The van der Waals surface area contributed by atoms with Crippen molar-refractivity contribution in [2.45, 2.75) is 19.3 Å². The summed E-state index contributed by atoms with van der Waals surface area (Å²) in [7, 11) is 3.21. The molecule has 0 bridgehead atoms. The van der Waals surface area contributed by atoms with E-state index in [1.54, 1.807) is 45.3 Å². The van der Waals surface area contributed by atoms with Crippen LogP contribution in [-0.4, -0.2) is 22.6 Å². The Labute approximate surface area is 154 Å². The van der Waals surface area contributed by atoms with Gasteiger partial charge in [-0.1, -0.05) is 0 Å². The third kappa shape index (κ3) is 2.71. The summed E-state index contributed by atoms with van der Waals surface area (Å²) in [5, 5.41) is 0.787.